The molecule has 4 aliphatic rings. The number of hydrogen-bond acceptors (Lipinski definition) is 13. The van der Waals surface area contributed by atoms with E-state index in [4.69, 9.17) is 30.1 Å². The van der Waals surface area contributed by atoms with E-state index >= 15 is 0 Å². The van der Waals surface area contributed by atoms with Gasteiger partial charge in [0.25, 0.3) is 11.7 Å². The Hall–Kier alpha value is -4.59. The number of carbonyl (C=O) groups excluding carboxylic acids is 5. The number of aliphatic hydroxyl groups excluding tert-OH is 2. The van der Waals surface area contributed by atoms with Crippen molar-refractivity contribution in [3.63, 3.8) is 0 Å². The maximum atomic E-state index is 14.5. The highest BCUT2D eigenvalue weighted by Gasteiger charge is 2.53. The summed E-state index contributed by atoms with van der Waals surface area (Å²) in [4.78, 5) is 72.7. The molecule has 2 saturated heterocycles. The van der Waals surface area contributed by atoms with Gasteiger partial charge in [0.1, 0.15) is 30.1 Å². The first-order valence-corrected chi connectivity index (χ1v) is 26.6. The van der Waals surface area contributed by atoms with Crippen LogP contribution in [0.1, 0.15) is 124 Å². The monoisotopic (exact) mass is 1010 g/mol. The highest BCUT2D eigenvalue weighted by atomic mass is 16.6. The van der Waals surface area contributed by atoms with Gasteiger partial charge in [0.05, 0.1) is 31.0 Å². The number of ketones is 3. The fourth-order valence-electron chi connectivity index (χ4n) is 10.9. The van der Waals surface area contributed by atoms with Crippen LogP contribution in [0.5, 0.6) is 0 Å². The summed E-state index contributed by atoms with van der Waals surface area (Å²) >= 11 is 0. The summed E-state index contributed by atoms with van der Waals surface area (Å²) in [5.41, 5.74) is 2.30. The smallest absolute Gasteiger partial charge is 0.329 e. The third-order valence-electron chi connectivity index (χ3n) is 15.7. The third kappa shape index (κ3) is 16.2. The van der Waals surface area contributed by atoms with Gasteiger partial charge in [-0.05, 0) is 113 Å². The number of methoxy groups -OCH3 is 2. The van der Waals surface area contributed by atoms with Crippen molar-refractivity contribution in [3.05, 3.63) is 83.5 Å². The number of amides is 1. The molecule has 402 valence electrons. The lowest BCUT2D eigenvalue weighted by molar-refractivity contribution is -0.266. The molecule has 1 amide bonds. The predicted octanol–water partition coefficient (Wildman–Crippen LogP) is 7.41. The van der Waals surface area contributed by atoms with Crippen LogP contribution in [0, 0.1) is 47.9 Å². The highest BCUT2D eigenvalue weighted by Crippen LogP contribution is 2.38. The van der Waals surface area contributed by atoms with Gasteiger partial charge >= 0.3 is 5.97 Å². The number of benzene rings is 1. The zero-order chi connectivity index (χ0) is 53.4. The molecule has 5 rings (SSSR count). The maximum absolute atomic E-state index is 14.5. The van der Waals surface area contributed by atoms with E-state index in [0.29, 0.717) is 76.4 Å². The lowest BCUT2D eigenvalue weighted by atomic mass is 9.78. The molecule has 3 N–H and O–H groups in total. The summed E-state index contributed by atoms with van der Waals surface area (Å²) in [7, 11) is 2.91. The number of terminal acetylenes is 1. The summed E-state index contributed by atoms with van der Waals surface area (Å²) in [5, 5.41) is 34.3. The minimum absolute atomic E-state index is 0.0702. The predicted molar refractivity (Wildman–Crippen MR) is 277 cm³/mol. The summed E-state index contributed by atoms with van der Waals surface area (Å²) < 4.78 is 30.3. The van der Waals surface area contributed by atoms with Gasteiger partial charge < -0.3 is 43.9 Å². The van der Waals surface area contributed by atoms with Crippen molar-refractivity contribution in [2.24, 2.45) is 35.5 Å². The summed E-state index contributed by atoms with van der Waals surface area (Å²) in [6.07, 6.45) is 16.6. The minimum Gasteiger partial charge on any atom is -0.460 e. The van der Waals surface area contributed by atoms with Gasteiger partial charge in [0.15, 0.2) is 5.78 Å². The van der Waals surface area contributed by atoms with Crippen LogP contribution < -0.4 is 0 Å². The van der Waals surface area contributed by atoms with Crippen molar-refractivity contribution in [1.82, 2.24) is 4.90 Å². The number of fused-ring (bicyclic) bond motifs is 3. The molecule has 73 heavy (non-hydrogen) atoms. The summed E-state index contributed by atoms with van der Waals surface area (Å²) in [6, 6.07) is 8.77. The maximum Gasteiger partial charge on any atom is 0.329 e. The number of piperidine rings is 1. The van der Waals surface area contributed by atoms with E-state index in [2.05, 4.69) is 5.92 Å². The Morgan fingerprint density at radius 3 is 2.33 bits per heavy atom. The van der Waals surface area contributed by atoms with Gasteiger partial charge in [-0.1, -0.05) is 100 Å². The number of nitrogens with zero attached hydrogens (tertiary/aromatic N) is 1. The molecule has 14 nitrogen and oxygen atoms in total. The zero-order valence-corrected chi connectivity index (χ0v) is 44.5. The van der Waals surface area contributed by atoms with Crippen molar-refractivity contribution in [2.75, 3.05) is 27.4 Å². The molecular weight excluding hydrogens is 931 g/mol. The molecule has 3 aliphatic heterocycles. The molecule has 0 radical (unpaired) electrons. The van der Waals surface area contributed by atoms with E-state index in [0.717, 1.165) is 11.1 Å². The second kappa shape index (κ2) is 28.3. The quantitative estimate of drug-likeness (QED) is 0.0959. The van der Waals surface area contributed by atoms with Gasteiger partial charge in [-0.3, -0.25) is 19.2 Å². The Morgan fingerprint density at radius 2 is 1.63 bits per heavy atom. The lowest BCUT2D eigenvalue weighted by Gasteiger charge is -2.43. The molecule has 14 heteroatoms. The first-order chi connectivity index (χ1) is 34.8. The number of allylic oxidation sites excluding steroid dienone is 6. The van der Waals surface area contributed by atoms with E-state index in [1.165, 1.54) is 12.0 Å². The first-order valence-electron chi connectivity index (χ1n) is 26.6. The van der Waals surface area contributed by atoms with Crippen LogP contribution in [-0.4, -0.2) is 131 Å². The summed E-state index contributed by atoms with van der Waals surface area (Å²) in [5.74, 6) is -6.11. The molecule has 1 aromatic rings. The van der Waals surface area contributed by atoms with E-state index in [-0.39, 0.29) is 55.3 Å². The van der Waals surface area contributed by atoms with Gasteiger partial charge in [0.2, 0.25) is 5.79 Å². The number of cyclic esters (lactones) is 1. The van der Waals surface area contributed by atoms with Crippen LogP contribution in [0.3, 0.4) is 0 Å². The second-order valence-corrected chi connectivity index (χ2v) is 21.3. The standard InChI is InChI=1S/C59H83NO13/c1-10-43-20-14-11-13-19-37(2)50(71-30-28-44-21-15-12-16-22-44)35-46-26-24-42(7)59(68,73-46)56(65)57(66)60-29-18-17-23-47(60)58(67)72-51(39(4)32-45-25-27-48(61)52(34-45)69-8)36-49(62)38(3)31-40(5)53(63)55(70-9)54(64)41(6)33-43/h1,11-16,19-22,31,38-39,41-43,45-48,50-53,55,61,63,68H,17-18,23-30,32-36H2,2-9H3/b13-11+,20-14+,37-19+,40-31+/t38-,39-,41-,42-,43-,45+,46+,47+,48-,50?,51+,52-,53-,55-,59-/m1/s1. The fourth-order valence-corrected chi connectivity index (χ4v) is 10.9. The number of Topliss-reactive ketones (excluding diaryl/α,β-unsaturated/α-hetero) is 3. The Balaban J connectivity index is 1.49. The van der Waals surface area contributed by atoms with Crippen molar-refractivity contribution in [2.45, 2.75) is 180 Å². The second-order valence-electron chi connectivity index (χ2n) is 21.3. The average Bonchev–Trinajstić information content (AvgIpc) is 3.38. The number of rotatable bonds is 9. The molecule has 0 spiro atoms. The van der Waals surface area contributed by atoms with E-state index in [1.807, 2.05) is 74.6 Å². The van der Waals surface area contributed by atoms with Gasteiger partial charge in [0, 0.05) is 57.3 Å². The van der Waals surface area contributed by atoms with Crippen LogP contribution >= 0.6 is 0 Å². The van der Waals surface area contributed by atoms with E-state index < -0.39 is 89.8 Å². The molecule has 1 aromatic carbocycles. The largest absolute Gasteiger partial charge is 0.460 e. The molecule has 3 heterocycles. The number of ether oxygens (including phenoxy) is 5. The Kier molecular flexibility index (Phi) is 23.0. The molecule has 0 aromatic heterocycles. The highest BCUT2D eigenvalue weighted by molar-refractivity contribution is 6.39. The van der Waals surface area contributed by atoms with Crippen LogP contribution in [0.25, 0.3) is 0 Å². The number of hydrogen-bond donors (Lipinski definition) is 3. The average molecular weight is 1010 g/mol. The topological polar surface area (TPSA) is 195 Å². The molecule has 2 bridgehead atoms. The first kappa shape index (κ1) is 59.3. The van der Waals surface area contributed by atoms with Crippen molar-refractivity contribution in [3.8, 4) is 12.3 Å². The van der Waals surface area contributed by atoms with Crippen LogP contribution in [0.2, 0.25) is 0 Å². The molecule has 1 aliphatic carbocycles. The van der Waals surface area contributed by atoms with Crippen LogP contribution in [0.4, 0.5) is 0 Å². The Bertz CT molecular complexity index is 2180. The Morgan fingerprint density at radius 1 is 0.890 bits per heavy atom. The third-order valence-corrected chi connectivity index (χ3v) is 15.7. The number of carbonyl (C=O) groups is 5. The van der Waals surface area contributed by atoms with Gasteiger partial charge in [-0.15, -0.1) is 6.42 Å². The molecule has 3 fully saturated rings. The molecule has 15 atom stereocenters. The number of esters is 1. The fraction of sp³-hybridized carbons (Fsp3) is 0.644. The van der Waals surface area contributed by atoms with Crippen LogP contribution in [0.15, 0.2) is 77.9 Å². The van der Waals surface area contributed by atoms with Crippen molar-refractivity contribution in [1.29, 1.82) is 0 Å². The van der Waals surface area contributed by atoms with E-state index in [9.17, 15) is 39.3 Å². The van der Waals surface area contributed by atoms with Crippen molar-refractivity contribution >= 4 is 29.2 Å². The summed E-state index contributed by atoms with van der Waals surface area (Å²) in [6.45, 7) is 11.0. The molecule has 1 saturated carbocycles. The van der Waals surface area contributed by atoms with Crippen LogP contribution in [-0.2, 0) is 54.1 Å². The minimum atomic E-state index is -2.48. The molecular formula is C59H83NO13. The van der Waals surface area contributed by atoms with Gasteiger partial charge in [-0.2, -0.15) is 0 Å². The normalized spacial score (nSPS) is 37.1. The SMILES string of the molecule is C#C[C@@H]1/C=C/C=C/C=C(\C)C(OCCc2ccccc2)C[C@@H]2CC[C@@H](C)[C@@](O)(O2)C(=O)C(=O)N2CCCC[C@H]2C(=O)O[C@H]([C@H](C)C[C@@H]2CC[C@@H](O)[C@H](OC)C2)CC(=O)[C@H](C)/C=C(\C)[C@@H](O)[C@@H](OC)C(=O)[C@H](C)C1. The number of aliphatic hydroxyl groups is 3. The van der Waals surface area contributed by atoms with Gasteiger partial charge in [-0.25, -0.2) is 4.79 Å². The lowest BCUT2D eigenvalue weighted by Crippen LogP contribution is -2.61. The Labute approximate surface area is 434 Å². The molecule has 1 unspecified atom stereocenters. The van der Waals surface area contributed by atoms with E-state index in [1.54, 1.807) is 40.9 Å². The zero-order valence-electron chi connectivity index (χ0n) is 44.5. The van der Waals surface area contributed by atoms with Crippen molar-refractivity contribution < 1.29 is 63.0 Å².